The monoisotopic (exact) mass is 374 g/mol. The number of thiocarbonyl (C=S) groups is 1. The van der Waals surface area contributed by atoms with Crippen molar-refractivity contribution in [1.82, 2.24) is 15.6 Å². The lowest BCUT2D eigenvalue weighted by molar-refractivity contribution is 0.291. The lowest BCUT2D eigenvalue weighted by Crippen LogP contribution is -2.32. The normalized spacial score (nSPS) is 11.6. The Labute approximate surface area is 159 Å². The fourth-order valence-electron chi connectivity index (χ4n) is 2.44. The molecular formula is C19H26N4O2S. The molecule has 3 N–H and O–H groups in total. The van der Waals surface area contributed by atoms with Crippen molar-refractivity contribution in [3.63, 3.8) is 0 Å². The molecule has 0 saturated heterocycles. The fraction of sp³-hybridized carbons (Fsp3) is 0.368. The third-order valence-corrected chi connectivity index (χ3v) is 4.35. The second kappa shape index (κ2) is 9.94. The predicted molar refractivity (Wildman–Crippen MR) is 108 cm³/mol. The fourth-order valence-corrected chi connectivity index (χ4v) is 2.56. The minimum absolute atomic E-state index is 0.303. The summed E-state index contributed by atoms with van der Waals surface area (Å²) in [7, 11) is 0. The van der Waals surface area contributed by atoms with Gasteiger partial charge in [-0.15, -0.1) is 0 Å². The van der Waals surface area contributed by atoms with Gasteiger partial charge < -0.3 is 14.8 Å². The Hall–Kier alpha value is -2.38. The maximum Gasteiger partial charge on any atom is 0.187 e. The Bertz CT molecular complexity index is 740. The summed E-state index contributed by atoms with van der Waals surface area (Å²) < 4.78 is 5.24. The Morgan fingerprint density at radius 3 is 2.69 bits per heavy atom. The molecule has 2 rings (SSSR count). The highest BCUT2D eigenvalue weighted by Crippen LogP contribution is 2.20. The van der Waals surface area contributed by atoms with E-state index < -0.39 is 0 Å². The molecule has 1 heterocycles. The molecule has 0 aliphatic rings. The van der Waals surface area contributed by atoms with Gasteiger partial charge in [0.15, 0.2) is 5.11 Å². The lowest BCUT2D eigenvalue weighted by atomic mass is 10.1. The molecule has 0 unspecified atom stereocenters. The van der Waals surface area contributed by atoms with E-state index in [9.17, 15) is 5.11 Å². The number of aromatic hydroxyl groups is 1. The van der Waals surface area contributed by atoms with Gasteiger partial charge in [0.1, 0.15) is 11.5 Å². The number of hydrogen-bond donors (Lipinski definition) is 3. The van der Waals surface area contributed by atoms with Gasteiger partial charge in [-0.3, -0.25) is 10.3 Å². The van der Waals surface area contributed by atoms with Crippen molar-refractivity contribution in [1.29, 1.82) is 0 Å². The van der Waals surface area contributed by atoms with Crippen molar-refractivity contribution in [3.8, 4) is 5.75 Å². The topological polar surface area (TPSA) is 73.0 Å². The molecule has 7 heteroatoms. The summed E-state index contributed by atoms with van der Waals surface area (Å²) in [5.41, 5.74) is 5.44. The van der Waals surface area contributed by atoms with Crippen LogP contribution in [0.15, 0.2) is 46.1 Å². The molecule has 0 atom stereocenters. The van der Waals surface area contributed by atoms with Crippen LogP contribution in [-0.4, -0.2) is 33.9 Å². The first kappa shape index (κ1) is 19.9. The van der Waals surface area contributed by atoms with Gasteiger partial charge >= 0.3 is 0 Å². The summed E-state index contributed by atoms with van der Waals surface area (Å²) >= 11 is 5.21. The zero-order chi connectivity index (χ0) is 18.9. The molecule has 6 nitrogen and oxygen atoms in total. The molecule has 2 aromatic rings. The largest absolute Gasteiger partial charge is 0.508 e. The molecule has 0 aliphatic heterocycles. The number of nitrogens with one attached hydrogen (secondary N) is 2. The molecule has 0 fully saturated rings. The third-order valence-electron chi connectivity index (χ3n) is 4.11. The summed E-state index contributed by atoms with van der Waals surface area (Å²) in [6.45, 7) is 9.19. The zero-order valence-electron chi connectivity index (χ0n) is 15.5. The summed E-state index contributed by atoms with van der Waals surface area (Å²) in [6, 6.07) is 9.23. The smallest absolute Gasteiger partial charge is 0.187 e. The molecule has 26 heavy (non-hydrogen) atoms. The van der Waals surface area contributed by atoms with Crippen LogP contribution in [0.25, 0.3) is 0 Å². The Morgan fingerprint density at radius 2 is 2.04 bits per heavy atom. The van der Waals surface area contributed by atoms with Crippen LogP contribution in [0.5, 0.6) is 5.75 Å². The lowest BCUT2D eigenvalue weighted by Gasteiger charge is -2.19. The molecule has 0 saturated carbocycles. The first-order valence-electron chi connectivity index (χ1n) is 8.68. The number of rotatable bonds is 8. The van der Waals surface area contributed by atoms with Gasteiger partial charge in [-0.1, -0.05) is 13.8 Å². The number of phenolic OH excluding ortho intramolecular Hbond substituents is 1. The highest BCUT2D eigenvalue weighted by Gasteiger charge is 2.09. The molecule has 1 aromatic heterocycles. The number of hydrogen-bond acceptors (Lipinski definition) is 5. The number of phenols is 1. The van der Waals surface area contributed by atoms with Gasteiger partial charge in [0.25, 0.3) is 0 Å². The quantitative estimate of drug-likeness (QED) is 0.374. The second-order valence-corrected chi connectivity index (χ2v) is 6.28. The maximum atomic E-state index is 10.1. The van der Waals surface area contributed by atoms with Crippen LogP contribution >= 0.6 is 12.2 Å². The average Bonchev–Trinajstić information content (AvgIpc) is 3.17. The van der Waals surface area contributed by atoms with Crippen LogP contribution < -0.4 is 10.7 Å². The number of hydrazone groups is 1. The van der Waals surface area contributed by atoms with E-state index in [1.54, 1.807) is 12.3 Å². The first-order valence-corrected chi connectivity index (χ1v) is 9.09. The second-order valence-electron chi connectivity index (χ2n) is 5.88. The SMILES string of the molecule is CCN(CC)Cc1cc(/C(C)=N/NC(=S)NCc2ccco2)ccc1O. The molecule has 0 aliphatic carbocycles. The summed E-state index contributed by atoms with van der Waals surface area (Å²) in [4.78, 5) is 2.25. The van der Waals surface area contributed by atoms with E-state index in [1.807, 2.05) is 31.2 Å². The number of furan rings is 1. The number of nitrogens with zero attached hydrogens (tertiary/aromatic N) is 2. The molecule has 0 radical (unpaired) electrons. The Kier molecular flexibility index (Phi) is 7.62. The van der Waals surface area contributed by atoms with Crippen molar-refractivity contribution in [2.24, 2.45) is 5.10 Å². The molecule has 0 bridgehead atoms. The first-order chi connectivity index (χ1) is 12.5. The Balaban J connectivity index is 1.97. The van der Waals surface area contributed by atoms with Crippen LogP contribution in [0.1, 0.15) is 37.7 Å². The van der Waals surface area contributed by atoms with E-state index in [4.69, 9.17) is 16.6 Å². The maximum absolute atomic E-state index is 10.1. The molecular weight excluding hydrogens is 348 g/mol. The summed E-state index contributed by atoms with van der Waals surface area (Å²) in [5.74, 6) is 1.10. The van der Waals surface area contributed by atoms with E-state index in [1.165, 1.54) is 0 Å². The standard InChI is InChI=1S/C19H26N4O2S/c1-4-23(5-2)13-16-11-15(8-9-18(16)24)14(3)21-22-19(26)20-12-17-7-6-10-25-17/h6-11,24H,4-5,12-13H2,1-3H3,(H2,20,22,26)/b21-14+. The van der Waals surface area contributed by atoms with Gasteiger partial charge in [0, 0.05) is 12.1 Å². The van der Waals surface area contributed by atoms with Gasteiger partial charge in [-0.25, -0.2) is 0 Å². The van der Waals surface area contributed by atoms with Crippen molar-refractivity contribution < 1.29 is 9.52 Å². The van der Waals surface area contributed by atoms with Crippen molar-refractivity contribution in [3.05, 3.63) is 53.5 Å². The minimum atomic E-state index is 0.303. The van der Waals surface area contributed by atoms with E-state index in [0.29, 0.717) is 24.0 Å². The molecule has 1 aromatic carbocycles. The van der Waals surface area contributed by atoms with Crippen LogP contribution in [0.3, 0.4) is 0 Å². The average molecular weight is 375 g/mol. The van der Waals surface area contributed by atoms with Crippen LogP contribution in [0.4, 0.5) is 0 Å². The predicted octanol–water partition coefficient (Wildman–Crippen LogP) is 3.22. The van der Waals surface area contributed by atoms with E-state index in [2.05, 4.69) is 34.6 Å². The van der Waals surface area contributed by atoms with E-state index >= 15 is 0 Å². The van der Waals surface area contributed by atoms with Gasteiger partial charge in [-0.05, 0) is 68.1 Å². The van der Waals surface area contributed by atoms with Gasteiger partial charge in [-0.2, -0.15) is 5.10 Å². The molecule has 140 valence electrons. The molecule has 0 amide bonds. The van der Waals surface area contributed by atoms with Crippen molar-refractivity contribution >= 4 is 23.0 Å². The van der Waals surface area contributed by atoms with Gasteiger partial charge in [0.2, 0.25) is 0 Å². The summed E-state index contributed by atoms with van der Waals surface area (Å²) in [5, 5.41) is 17.9. The van der Waals surface area contributed by atoms with Gasteiger partial charge in [0.05, 0.1) is 18.5 Å². The van der Waals surface area contributed by atoms with Crippen molar-refractivity contribution in [2.75, 3.05) is 13.1 Å². The van der Waals surface area contributed by atoms with Crippen LogP contribution in [0.2, 0.25) is 0 Å². The molecule has 0 spiro atoms. The van der Waals surface area contributed by atoms with Crippen LogP contribution in [-0.2, 0) is 13.1 Å². The Morgan fingerprint density at radius 1 is 1.27 bits per heavy atom. The highest BCUT2D eigenvalue weighted by molar-refractivity contribution is 7.80. The van der Waals surface area contributed by atoms with E-state index in [-0.39, 0.29) is 0 Å². The van der Waals surface area contributed by atoms with E-state index in [0.717, 1.165) is 35.7 Å². The third kappa shape index (κ3) is 5.86. The number of benzene rings is 1. The van der Waals surface area contributed by atoms with Crippen molar-refractivity contribution in [2.45, 2.75) is 33.9 Å². The zero-order valence-corrected chi connectivity index (χ0v) is 16.3. The summed E-state index contributed by atoms with van der Waals surface area (Å²) in [6.07, 6.45) is 1.62. The minimum Gasteiger partial charge on any atom is -0.508 e. The van der Waals surface area contributed by atoms with Crippen LogP contribution in [0, 0.1) is 0 Å². The highest BCUT2D eigenvalue weighted by atomic mass is 32.1.